The van der Waals surface area contributed by atoms with Crippen LogP contribution < -0.4 is 10.5 Å². The van der Waals surface area contributed by atoms with Gasteiger partial charge in [0.2, 0.25) is 0 Å². The minimum atomic E-state index is -0.288. The third kappa shape index (κ3) is 2.63. The van der Waals surface area contributed by atoms with Crippen molar-refractivity contribution in [3.8, 4) is 5.75 Å². The highest BCUT2D eigenvalue weighted by Gasteiger charge is 2.37. The van der Waals surface area contributed by atoms with Crippen molar-refractivity contribution in [2.24, 2.45) is 5.73 Å². The lowest BCUT2D eigenvalue weighted by Gasteiger charge is -2.38. The van der Waals surface area contributed by atoms with E-state index in [9.17, 15) is 4.39 Å². The molecule has 0 aromatic heterocycles. The highest BCUT2D eigenvalue weighted by molar-refractivity contribution is 6.30. The number of ether oxygens (including phenoxy) is 1. The number of nitrogens with two attached hydrogens (primary N) is 1. The van der Waals surface area contributed by atoms with Crippen LogP contribution in [0.3, 0.4) is 0 Å². The normalized spacial score (nSPS) is 20.7. The number of para-hydroxylation sites is 1. The van der Waals surface area contributed by atoms with E-state index in [0.717, 1.165) is 17.7 Å². The predicted molar refractivity (Wildman–Crippen MR) is 82.4 cm³/mol. The minimum Gasteiger partial charge on any atom is -0.493 e. The van der Waals surface area contributed by atoms with Crippen molar-refractivity contribution in [3.05, 3.63) is 64.4 Å². The number of halogens is 2. The summed E-state index contributed by atoms with van der Waals surface area (Å²) in [6.07, 6.45) is 1.33. The maximum atomic E-state index is 14.1. The maximum Gasteiger partial charge on any atom is 0.127 e. The molecule has 1 unspecified atom stereocenters. The molecular formula is C17H17ClFNO. The van der Waals surface area contributed by atoms with Crippen LogP contribution in [0.2, 0.25) is 5.02 Å². The fraction of sp³-hybridized carbons (Fsp3) is 0.294. The molecule has 3 rings (SSSR count). The number of rotatable bonds is 3. The molecule has 0 saturated heterocycles. The van der Waals surface area contributed by atoms with Gasteiger partial charge in [-0.15, -0.1) is 0 Å². The molecule has 2 N–H and O–H groups in total. The van der Waals surface area contributed by atoms with Crippen LogP contribution in [0, 0.1) is 5.82 Å². The summed E-state index contributed by atoms with van der Waals surface area (Å²) in [5.74, 6) is 0.572. The second-order valence-electron chi connectivity index (χ2n) is 5.49. The Labute approximate surface area is 128 Å². The molecule has 2 aromatic rings. The first-order valence-corrected chi connectivity index (χ1v) is 7.39. The van der Waals surface area contributed by atoms with E-state index in [4.69, 9.17) is 22.1 Å². The first kappa shape index (κ1) is 14.4. The number of benzene rings is 2. The Morgan fingerprint density at radius 1 is 1.24 bits per heavy atom. The van der Waals surface area contributed by atoms with Gasteiger partial charge in [0.05, 0.1) is 6.61 Å². The Balaban J connectivity index is 2.02. The third-order valence-electron chi connectivity index (χ3n) is 4.23. The molecule has 1 aliphatic heterocycles. The van der Waals surface area contributed by atoms with Gasteiger partial charge in [0.1, 0.15) is 11.6 Å². The van der Waals surface area contributed by atoms with Gasteiger partial charge in [-0.05, 0) is 36.6 Å². The number of hydrogen-bond donors (Lipinski definition) is 1. The van der Waals surface area contributed by atoms with Crippen molar-refractivity contribution < 1.29 is 9.13 Å². The number of hydrogen-bond acceptors (Lipinski definition) is 2. The first-order valence-electron chi connectivity index (χ1n) is 7.01. The average Bonchev–Trinajstić information content (AvgIpc) is 2.50. The SMILES string of the molecule is NCC1(Cc2ccc(Cl)cc2F)CCOc2ccccc21. The molecule has 0 bridgehead atoms. The van der Waals surface area contributed by atoms with Gasteiger partial charge in [-0.1, -0.05) is 35.9 Å². The molecule has 110 valence electrons. The lowest BCUT2D eigenvalue weighted by molar-refractivity contribution is 0.214. The van der Waals surface area contributed by atoms with E-state index in [0.29, 0.717) is 30.2 Å². The summed E-state index contributed by atoms with van der Waals surface area (Å²) >= 11 is 5.82. The maximum absolute atomic E-state index is 14.1. The molecule has 0 aliphatic carbocycles. The second-order valence-corrected chi connectivity index (χ2v) is 5.93. The van der Waals surface area contributed by atoms with Crippen LogP contribution >= 0.6 is 11.6 Å². The predicted octanol–water partition coefficient (Wildman–Crippen LogP) is 3.70. The molecule has 1 atom stereocenters. The van der Waals surface area contributed by atoms with E-state index in [1.807, 2.05) is 24.3 Å². The largest absolute Gasteiger partial charge is 0.493 e. The van der Waals surface area contributed by atoms with Crippen LogP contribution in [0.1, 0.15) is 17.5 Å². The molecule has 0 amide bonds. The van der Waals surface area contributed by atoms with E-state index in [1.165, 1.54) is 6.07 Å². The summed E-state index contributed by atoms with van der Waals surface area (Å²) in [5.41, 5.74) is 7.49. The van der Waals surface area contributed by atoms with Gasteiger partial charge in [-0.25, -0.2) is 4.39 Å². The molecule has 21 heavy (non-hydrogen) atoms. The molecule has 2 nitrogen and oxygen atoms in total. The van der Waals surface area contributed by atoms with E-state index >= 15 is 0 Å². The number of fused-ring (bicyclic) bond motifs is 1. The molecule has 2 aromatic carbocycles. The van der Waals surface area contributed by atoms with E-state index < -0.39 is 0 Å². The monoisotopic (exact) mass is 305 g/mol. The summed E-state index contributed by atoms with van der Waals surface area (Å²) in [5, 5.41) is 0.408. The Hall–Kier alpha value is -1.58. The molecule has 0 saturated carbocycles. The van der Waals surface area contributed by atoms with Crippen molar-refractivity contribution in [2.75, 3.05) is 13.2 Å². The van der Waals surface area contributed by atoms with Gasteiger partial charge in [-0.2, -0.15) is 0 Å². The Kier molecular flexibility index (Phi) is 3.87. The summed E-state index contributed by atoms with van der Waals surface area (Å²) in [6.45, 7) is 1.05. The first-order chi connectivity index (χ1) is 10.1. The fourth-order valence-corrected chi connectivity index (χ4v) is 3.18. The van der Waals surface area contributed by atoms with Crippen LogP contribution in [0.15, 0.2) is 42.5 Å². The molecular weight excluding hydrogens is 289 g/mol. The zero-order valence-electron chi connectivity index (χ0n) is 11.6. The smallest absolute Gasteiger partial charge is 0.127 e. The molecule has 1 heterocycles. The van der Waals surface area contributed by atoms with Crippen molar-refractivity contribution in [1.29, 1.82) is 0 Å². The van der Waals surface area contributed by atoms with Crippen molar-refractivity contribution in [1.82, 2.24) is 0 Å². The second kappa shape index (κ2) is 5.66. The molecule has 0 spiro atoms. The highest BCUT2D eigenvalue weighted by Crippen LogP contribution is 2.40. The van der Waals surface area contributed by atoms with Crippen LogP contribution in [-0.4, -0.2) is 13.2 Å². The minimum absolute atomic E-state index is 0.278. The van der Waals surface area contributed by atoms with Crippen LogP contribution in [0.5, 0.6) is 5.75 Å². The lowest BCUT2D eigenvalue weighted by atomic mass is 9.72. The van der Waals surface area contributed by atoms with E-state index in [-0.39, 0.29) is 11.2 Å². The fourth-order valence-electron chi connectivity index (χ4n) is 3.02. The van der Waals surface area contributed by atoms with Gasteiger partial charge in [-0.3, -0.25) is 0 Å². The van der Waals surface area contributed by atoms with Gasteiger partial charge in [0.25, 0.3) is 0 Å². The topological polar surface area (TPSA) is 35.2 Å². The van der Waals surface area contributed by atoms with Crippen LogP contribution in [0.25, 0.3) is 0 Å². The molecule has 1 aliphatic rings. The summed E-state index contributed by atoms with van der Waals surface area (Å²) in [7, 11) is 0. The highest BCUT2D eigenvalue weighted by atomic mass is 35.5. The standard InChI is InChI=1S/C17H17ClFNO/c18-13-6-5-12(15(19)9-13)10-17(11-20)7-8-21-16-4-2-1-3-14(16)17/h1-6,9H,7-8,10-11,20H2. The van der Waals surface area contributed by atoms with Gasteiger partial charge >= 0.3 is 0 Å². The van der Waals surface area contributed by atoms with Gasteiger partial charge < -0.3 is 10.5 Å². The van der Waals surface area contributed by atoms with Gasteiger partial charge in [0, 0.05) is 22.5 Å². The van der Waals surface area contributed by atoms with Crippen molar-refractivity contribution in [3.63, 3.8) is 0 Å². The van der Waals surface area contributed by atoms with Crippen LogP contribution in [-0.2, 0) is 11.8 Å². The summed E-state index contributed by atoms with van der Waals surface area (Å²) in [4.78, 5) is 0. The quantitative estimate of drug-likeness (QED) is 0.938. The molecule has 0 radical (unpaired) electrons. The van der Waals surface area contributed by atoms with Crippen LogP contribution in [0.4, 0.5) is 4.39 Å². The van der Waals surface area contributed by atoms with Crippen molar-refractivity contribution in [2.45, 2.75) is 18.3 Å². The Bertz CT molecular complexity index is 661. The zero-order valence-corrected chi connectivity index (χ0v) is 12.4. The average molecular weight is 306 g/mol. The third-order valence-corrected chi connectivity index (χ3v) is 4.47. The Morgan fingerprint density at radius 3 is 2.81 bits per heavy atom. The molecule has 4 heteroatoms. The van der Waals surface area contributed by atoms with E-state index in [2.05, 4.69) is 0 Å². The Morgan fingerprint density at radius 2 is 2.05 bits per heavy atom. The lowest BCUT2D eigenvalue weighted by Crippen LogP contribution is -2.42. The molecule has 0 fully saturated rings. The van der Waals surface area contributed by atoms with Gasteiger partial charge in [0.15, 0.2) is 0 Å². The summed E-state index contributed by atoms with van der Waals surface area (Å²) in [6, 6.07) is 12.7. The van der Waals surface area contributed by atoms with Crippen molar-refractivity contribution >= 4 is 11.6 Å². The van der Waals surface area contributed by atoms with E-state index in [1.54, 1.807) is 12.1 Å². The summed E-state index contributed by atoms with van der Waals surface area (Å²) < 4.78 is 19.8. The zero-order chi connectivity index (χ0) is 14.9.